The minimum atomic E-state index is -0.301. The van der Waals surface area contributed by atoms with Crippen molar-refractivity contribution in [1.82, 2.24) is 0 Å². The summed E-state index contributed by atoms with van der Waals surface area (Å²) >= 11 is 1.92. The van der Waals surface area contributed by atoms with Crippen LogP contribution in [-0.4, -0.2) is 0 Å². The molecule has 1 heterocycles. The Bertz CT molecular complexity index is 2460. The van der Waals surface area contributed by atoms with Crippen LogP contribution in [0.15, 0.2) is 152 Å². The Morgan fingerprint density at radius 1 is 0.378 bits per heavy atom. The molecule has 0 saturated heterocycles. The Labute approximate surface area is 266 Å². The Balaban J connectivity index is 1.20. The second-order valence-electron chi connectivity index (χ2n) is 12.5. The van der Waals surface area contributed by atoms with Gasteiger partial charge in [0.2, 0.25) is 0 Å². The molecule has 0 saturated carbocycles. The number of rotatable bonds is 2. The molecule has 0 fully saturated rings. The fraction of sp³-hybridized carbons (Fsp3) is 0.0455. The number of fused-ring (bicyclic) bond motifs is 13. The first kappa shape index (κ1) is 25.1. The van der Waals surface area contributed by atoms with E-state index in [0.29, 0.717) is 0 Å². The summed E-state index contributed by atoms with van der Waals surface area (Å²) in [5.74, 6) is 0. The van der Waals surface area contributed by atoms with Crippen LogP contribution >= 0.6 is 11.3 Å². The van der Waals surface area contributed by atoms with Crippen molar-refractivity contribution in [2.45, 2.75) is 12.3 Å². The van der Waals surface area contributed by atoms with E-state index in [2.05, 4.69) is 159 Å². The standard InChI is InChI=1S/C44H28S/c1-27-10-8-11-28(22-27)29-12-9-13-30(23-29)31-20-21-42-36(24-31)37-25-35-34-16-4-7-19-40(34)44(41(35)26-43(37)45-42)38-17-5-2-14-32(38)33-15-3-6-18-39(33)44/h2-26H,1H3. The molecule has 1 spiro atoms. The van der Waals surface area contributed by atoms with Gasteiger partial charge >= 0.3 is 0 Å². The maximum atomic E-state index is 2.52. The molecule has 10 rings (SSSR count). The second kappa shape index (κ2) is 9.14. The van der Waals surface area contributed by atoms with Gasteiger partial charge in [0.1, 0.15) is 0 Å². The number of aryl methyl sites for hydroxylation is 1. The number of benzene rings is 7. The quantitative estimate of drug-likeness (QED) is 0.188. The second-order valence-corrected chi connectivity index (χ2v) is 13.6. The van der Waals surface area contributed by atoms with Crippen LogP contribution in [0.3, 0.4) is 0 Å². The maximum absolute atomic E-state index is 2.52. The molecule has 0 unspecified atom stereocenters. The molecule has 2 aliphatic rings. The molecule has 0 bridgehead atoms. The molecule has 0 radical (unpaired) electrons. The van der Waals surface area contributed by atoms with Crippen LogP contribution in [0.2, 0.25) is 0 Å². The third-order valence-electron chi connectivity index (χ3n) is 10.1. The molecule has 45 heavy (non-hydrogen) atoms. The molecule has 2 aliphatic carbocycles. The first-order valence-electron chi connectivity index (χ1n) is 15.7. The number of hydrogen-bond donors (Lipinski definition) is 0. The lowest BCUT2D eigenvalue weighted by Gasteiger charge is -2.30. The third-order valence-corrected chi connectivity index (χ3v) is 11.3. The Morgan fingerprint density at radius 3 is 1.56 bits per heavy atom. The average Bonchev–Trinajstić information content (AvgIpc) is 3.70. The predicted octanol–water partition coefficient (Wildman–Crippen LogP) is 12.0. The van der Waals surface area contributed by atoms with Gasteiger partial charge < -0.3 is 0 Å². The van der Waals surface area contributed by atoms with Gasteiger partial charge in [-0.2, -0.15) is 0 Å². The van der Waals surface area contributed by atoms with E-state index in [1.54, 1.807) is 0 Å². The smallest absolute Gasteiger partial charge is 0.0726 e. The lowest BCUT2D eigenvalue weighted by molar-refractivity contribution is 0.795. The summed E-state index contributed by atoms with van der Waals surface area (Å²) in [6, 6.07) is 57.0. The molecular formula is C44H28S. The van der Waals surface area contributed by atoms with Crippen molar-refractivity contribution < 1.29 is 0 Å². The van der Waals surface area contributed by atoms with Gasteiger partial charge in [0, 0.05) is 20.2 Å². The fourth-order valence-electron chi connectivity index (χ4n) is 8.24. The summed E-state index contributed by atoms with van der Waals surface area (Å²) < 4.78 is 2.69. The first-order valence-corrected chi connectivity index (χ1v) is 16.5. The highest BCUT2D eigenvalue weighted by atomic mass is 32.1. The van der Waals surface area contributed by atoms with Crippen molar-refractivity contribution in [2.75, 3.05) is 0 Å². The van der Waals surface area contributed by atoms with Gasteiger partial charge in [-0.25, -0.2) is 0 Å². The highest BCUT2D eigenvalue weighted by Crippen LogP contribution is 2.63. The molecule has 0 atom stereocenters. The molecule has 0 N–H and O–H groups in total. The fourth-order valence-corrected chi connectivity index (χ4v) is 9.35. The van der Waals surface area contributed by atoms with Gasteiger partial charge in [0.15, 0.2) is 0 Å². The van der Waals surface area contributed by atoms with E-state index < -0.39 is 0 Å². The molecular weight excluding hydrogens is 561 g/mol. The van der Waals surface area contributed by atoms with E-state index in [1.165, 1.54) is 92.5 Å². The molecule has 0 nitrogen and oxygen atoms in total. The molecule has 8 aromatic rings. The molecule has 210 valence electrons. The van der Waals surface area contributed by atoms with E-state index in [9.17, 15) is 0 Å². The van der Waals surface area contributed by atoms with Gasteiger partial charge in [0.25, 0.3) is 0 Å². The molecule has 0 aliphatic heterocycles. The minimum absolute atomic E-state index is 0.301. The number of hydrogen-bond acceptors (Lipinski definition) is 1. The van der Waals surface area contributed by atoms with Crippen LogP contribution < -0.4 is 0 Å². The van der Waals surface area contributed by atoms with Gasteiger partial charge in [-0.3, -0.25) is 0 Å². The topological polar surface area (TPSA) is 0 Å². The minimum Gasteiger partial charge on any atom is -0.135 e. The van der Waals surface area contributed by atoms with Crippen molar-refractivity contribution in [3.63, 3.8) is 0 Å². The van der Waals surface area contributed by atoms with Crippen LogP contribution in [0.25, 0.3) is 64.7 Å². The van der Waals surface area contributed by atoms with Crippen LogP contribution in [0.1, 0.15) is 27.8 Å². The zero-order valence-electron chi connectivity index (χ0n) is 24.8. The van der Waals surface area contributed by atoms with E-state index in [1.807, 2.05) is 11.3 Å². The number of thiophene rings is 1. The predicted molar refractivity (Wildman–Crippen MR) is 191 cm³/mol. The highest BCUT2D eigenvalue weighted by molar-refractivity contribution is 7.25. The van der Waals surface area contributed by atoms with E-state index >= 15 is 0 Å². The Kier molecular flexibility index (Phi) is 5.10. The molecule has 7 aromatic carbocycles. The van der Waals surface area contributed by atoms with Crippen LogP contribution in [-0.2, 0) is 5.41 Å². The molecule has 0 amide bonds. The highest BCUT2D eigenvalue weighted by Gasteiger charge is 2.51. The lowest BCUT2D eigenvalue weighted by Crippen LogP contribution is -2.25. The first-order chi connectivity index (χ1) is 22.2. The molecule has 1 aromatic heterocycles. The largest absolute Gasteiger partial charge is 0.135 e. The van der Waals surface area contributed by atoms with Crippen molar-refractivity contribution in [3.8, 4) is 44.5 Å². The summed E-state index contributed by atoms with van der Waals surface area (Å²) in [5, 5.41) is 2.68. The summed E-state index contributed by atoms with van der Waals surface area (Å²) in [6.45, 7) is 2.16. The van der Waals surface area contributed by atoms with Crippen LogP contribution in [0.5, 0.6) is 0 Å². The zero-order chi connectivity index (χ0) is 29.7. The van der Waals surface area contributed by atoms with E-state index in [0.717, 1.165) is 0 Å². The summed E-state index contributed by atoms with van der Waals surface area (Å²) in [7, 11) is 0. The van der Waals surface area contributed by atoms with Crippen molar-refractivity contribution in [3.05, 3.63) is 179 Å². The van der Waals surface area contributed by atoms with Gasteiger partial charge in [-0.1, -0.05) is 127 Å². The lowest BCUT2D eigenvalue weighted by atomic mass is 9.70. The van der Waals surface area contributed by atoms with Crippen LogP contribution in [0.4, 0.5) is 0 Å². The van der Waals surface area contributed by atoms with Crippen molar-refractivity contribution >= 4 is 31.5 Å². The van der Waals surface area contributed by atoms with Gasteiger partial charge in [-0.15, -0.1) is 11.3 Å². The van der Waals surface area contributed by atoms with Crippen molar-refractivity contribution in [2.24, 2.45) is 0 Å². The summed E-state index contributed by atoms with van der Waals surface area (Å²) in [6.07, 6.45) is 0. The van der Waals surface area contributed by atoms with Gasteiger partial charge in [0.05, 0.1) is 5.41 Å². The summed E-state index contributed by atoms with van der Waals surface area (Å²) in [4.78, 5) is 0. The van der Waals surface area contributed by atoms with Gasteiger partial charge in [-0.05, 0) is 104 Å². The maximum Gasteiger partial charge on any atom is 0.0726 e. The third kappa shape index (κ3) is 3.36. The SMILES string of the molecule is Cc1cccc(-c2cccc(-c3ccc4sc5cc6c(cc5c4c3)-c3ccccc3C63c4ccccc4-c4ccccc43)c2)c1. The van der Waals surface area contributed by atoms with E-state index in [4.69, 9.17) is 0 Å². The van der Waals surface area contributed by atoms with Crippen LogP contribution in [0, 0.1) is 6.92 Å². The van der Waals surface area contributed by atoms with Crippen molar-refractivity contribution in [1.29, 1.82) is 0 Å². The monoisotopic (exact) mass is 588 g/mol. The Hall–Kier alpha value is -5.24. The Morgan fingerprint density at radius 2 is 0.911 bits per heavy atom. The van der Waals surface area contributed by atoms with E-state index in [-0.39, 0.29) is 5.41 Å². The zero-order valence-corrected chi connectivity index (χ0v) is 25.7. The summed E-state index contributed by atoms with van der Waals surface area (Å²) in [5.41, 5.74) is 17.0. The molecule has 1 heteroatoms. The average molecular weight is 589 g/mol. The normalized spacial score (nSPS) is 13.6.